The fraction of sp³-hybridized carbons (Fsp3) is 0.350. The van der Waals surface area contributed by atoms with E-state index in [4.69, 9.17) is 27.4 Å². The van der Waals surface area contributed by atoms with Gasteiger partial charge in [-0.3, -0.25) is 4.57 Å². The molecule has 2 aromatic rings. The second-order valence-electron chi connectivity index (χ2n) is 6.86. The minimum atomic E-state index is -1.70. The van der Waals surface area contributed by atoms with Crippen LogP contribution < -0.4 is 10.5 Å². The zero-order valence-electron chi connectivity index (χ0n) is 16.3. The third-order valence-corrected chi connectivity index (χ3v) is 5.57. The summed E-state index contributed by atoms with van der Waals surface area (Å²) >= 11 is 5.43. The van der Waals surface area contributed by atoms with Crippen molar-refractivity contribution in [2.45, 2.75) is 30.6 Å². The van der Waals surface area contributed by atoms with Gasteiger partial charge in [0.15, 0.2) is 6.23 Å². The van der Waals surface area contributed by atoms with Crippen molar-refractivity contribution in [1.29, 1.82) is 10.5 Å². The van der Waals surface area contributed by atoms with Crippen molar-refractivity contribution in [2.75, 3.05) is 19.5 Å². The summed E-state index contributed by atoms with van der Waals surface area (Å²) in [5, 5.41) is 59.7. The number of methoxy groups -OCH3 is 1. The number of nitrogen functional groups attached to an aromatic ring is 1. The number of pyridine rings is 1. The van der Waals surface area contributed by atoms with E-state index in [1.807, 2.05) is 12.1 Å². The Bertz CT molecular complexity index is 1120. The molecule has 5 atom stereocenters. The van der Waals surface area contributed by atoms with E-state index in [1.165, 1.54) is 7.11 Å². The zero-order chi connectivity index (χ0) is 22.9. The van der Waals surface area contributed by atoms with E-state index in [0.29, 0.717) is 11.3 Å². The number of aromatic nitrogens is 1. The van der Waals surface area contributed by atoms with Crippen molar-refractivity contribution in [2.24, 2.45) is 0 Å². The van der Waals surface area contributed by atoms with Crippen LogP contribution >= 0.6 is 12.2 Å². The zero-order valence-corrected chi connectivity index (χ0v) is 17.2. The molecule has 0 radical (unpaired) electrons. The molecule has 1 saturated heterocycles. The van der Waals surface area contributed by atoms with E-state index in [9.17, 15) is 30.9 Å². The van der Waals surface area contributed by atoms with Crippen LogP contribution in [0.2, 0.25) is 0 Å². The summed E-state index contributed by atoms with van der Waals surface area (Å²) < 4.78 is 11.6. The second kappa shape index (κ2) is 8.99. The number of aliphatic hydroxyl groups excluding tert-OH is 4. The van der Waals surface area contributed by atoms with Gasteiger partial charge in [0.1, 0.15) is 58.3 Å². The van der Waals surface area contributed by atoms with Crippen LogP contribution in [0.15, 0.2) is 24.3 Å². The number of rotatable bonds is 4. The van der Waals surface area contributed by atoms with Crippen molar-refractivity contribution in [3.8, 4) is 29.0 Å². The van der Waals surface area contributed by atoms with Crippen LogP contribution in [0, 0.1) is 27.3 Å². The lowest BCUT2D eigenvalue weighted by molar-refractivity contribution is -0.251. The molecule has 2 heterocycles. The molecule has 6 N–H and O–H groups in total. The molecule has 0 unspecified atom stereocenters. The Morgan fingerprint density at radius 2 is 1.71 bits per heavy atom. The number of nitrogens with two attached hydrogens (primary N) is 1. The highest BCUT2D eigenvalue weighted by Crippen LogP contribution is 2.37. The van der Waals surface area contributed by atoms with Crippen molar-refractivity contribution in [1.82, 2.24) is 4.57 Å². The number of anilines is 1. The first-order valence-electron chi connectivity index (χ1n) is 9.13. The lowest BCUT2D eigenvalue weighted by Gasteiger charge is -2.41. The van der Waals surface area contributed by atoms with Crippen molar-refractivity contribution < 1.29 is 29.9 Å². The third kappa shape index (κ3) is 3.75. The summed E-state index contributed by atoms with van der Waals surface area (Å²) in [5.74, 6) is 0.362. The Hall–Kier alpha value is -3.03. The molecule has 1 aromatic heterocycles. The predicted molar refractivity (Wildman–Crippen MR) is 110 cm³/mol. The molecule has 0 saturated carbocycles. The van der Waals surface area contributed by atoms with Gasteiger partial charge < -0.3 is 35.6 Å². The van der Waals surface area contributed by atoms with Crippen LogP contribution in [0.5, 0.6) is 5.75 Å². The minimum absolute atomic E-state index is 0.0668. The fourth-order valence-corrected chi connectivity index (χ4v) is 3.87. The molecule has 11 heteroatoms. The SMILES string of the molecule is COc1ccc(-c2c(C#N)c(N)n([C@H]3O[C@@H](CO)[C@@H](O)[C@@H](O)[C@H]3O)c(=S)c2C#N)cc1. The van der Waals surface area contributed by atoms with E-state index in [1.54, 1.807) is 24.3 Å². The number of aliphatic hydroxyl groups is 4. The maximum Gasteiger partial charge on any atom is 0.165 e. The summed E-state index contributed by atoms with van der Waals surface area (Å²) in [7, 11) is 1.50. The van der Waals surface area contributed by atoms with Gasteiger partial charge in [0, 0.05) is 5.56 Å². The predicted octanol–water partition coefficient (Wildman–Crippen LogP) is 0.191. The molecule has 162 valence electrons. The molecular formula is C20H20N4O6S. The largest absolute Gasteiger partial charge is 0.497 e. The highest BCUT2D eigenvalue weighted by atomic mass is 32.1. The van der Waals surface area contributed by atoms with Gasteiger partial charge in [-0.2, -0.15) is 10.5 Å². The topological polar surface area (TPSA) is 178 Å². The summed E-state index contributed by atoms with van der Waals surface area (Å²) in [6.07, 6.45) is -7.64. The van der Waals surface area contributed by atoms with Crippen LogP contribution in [0.1, 0.15) is 17.4 Å². The monoisotopic (exact) mass is 444 g/mol. The van der Waals surface area contributed by atoms with Gasteiger partial charge in [0.05, 0.1) is 19.3 Å². The number of nitrogens with zero attached hydrogens (tertiary/aromatic N) is 3. The van der Waals surface area contributed by atoms with Gasteiger partial charge in [0.2, 0.25) is 0 Å². The van der Waals surface area contributed by atoms with E-state index in [2.05, 4.69) is 0 Å². The lowest BCUT2D eigenvalue weighted by Crippen LogP contribution is -2.56. The number of ether oxygens (including phenoxy) is 2. The molecule has 1 fully saturated rings. The maximum atomic E-state index is 10.5. The van der Waals surface area contributed by atoms with Gasteiger partial charge in [-0.1, -0.05) is 24.4 Å². The molecule has 1 aliphatic rings. The van der Waals surface area contributed by atoms with Crippen LogP contribution in [0.4, 0.5) is 5.82 Å². The molecule has 31 heavy (non-hydrogen) atoms. The Labute approximate surface area is 182 Å². The molecule has 0 aliphatic carbocycles. The molecule has 1 aromatic carbocycles. The first-order valence-corrected chi connectivity index (χ1v) is 9.54. The van der Waals surface area contributed by atoms with E-state index in [0.717, 1.165) is 4.57 Å². The van der Waals surface area contributed by atoms with E-state index in [-0.39, 0.29) is 27.1 Å². The van der Waals surface area contributed by atoms with Crippen LogP contribution in [0.25, 0.3) is 11.1 Å². The number of nitriles is 2. The lowest BCUT2D eigenvalue weighted by atomic mass is 9.95. The number of hydrogen-bond acceptors (Lipinski definition) is 10. The summed E-state index contributed by atoms with van der Waals surface area (Å²) in [6.45, 7) is -0.658. The molecule has 1 aliphatic heterocycles. The Balaban J connectivity index is 2.26. The Morgan fingerprint density at radius 3 is 2.23 bits per heavy atom. The highest BCUT2D eigenvalue weighted by Gasteiger charge is 2.45. The Kier molecular flexibility index (Phi) is 6.57. The first-order chi connectivity index (χ1) is 14.8. The van der Waals surface area contributed by atoms with Gasteiger partial charge in [0.25, 0.3) is 0 Å². The van der Waals surface area contributed by atoms with Gasteiger partial charge >= 0.3 is 0 Å². The third-order valence-electron chi connectivity index (χ3n) is 5.17. The quantitative estimate of drug-likeness (QED) is 0.409. The van der Waals surface area contributed by atoms with Gasteiger partial charge in [-0.15, -0.1) is 0 Å². The normalized spacial score (nSPS) is 25.5. The highest BCUT2D eigenvalue weighted by molar-refractivity contribution is 7.71. The van der Waals surface area contributed by atoms with Crippen LogP contribution in [0.3, 0.4) is 0 Å². The average Bonchev–Trinajstić information content (AvgIpc) is 2.78. The van der Waals surface area contributed by atoms with Crippen LogP contribution in [-0.4, -0.2) is 63.1 Å². The molecule has 0 bridgehead atoms. The minimum Gasteiger partial charge on any atom is -0.497 e. The van der Waals surface area contributed by atoms with Crippen molar-refractivity contribution >= 4 is 18.0 Å². The van der Waals surface area contributed by atoms with Gasteiger partial charge in [-0.25, -0.2) is 0 Å². The van der Waals surface area contributed by atoms with E-state index < -0.39 is 37.3 Å². The summed E-state index contributed by atoms with van der Waals surface area (Å²) in [4.78, 5) is 0. The van der Waals surface area contributed by atoms with E-state index >= 15 is 0 Å². The fourth-order valence-electron chi connectivity index (χ4n) is 3.52. The summed E-state index contributed by atoms with van der Waals surface area (Å²) in [6, 6.07) is 10.5. The summed E-state index contributed by atoms with van der Waals surface area (Å²) in [5.41, 5.74) is 6.76. The number of benzene rings is 1. The molecular weight excluding hydrogens is 424 g/mol. The van der Waals surface area contributed by atoms with Crippen molar-refractivity contribution in [3.05, 3.63) is 40.0 Å². The number of hydrogen-bond donors (Lipinski definition) is 5. The average molecular weight is 444 g/mol. The molecule has 10 nitrogen and oxygen atoms in total. The Morgan fingerprint density at radius 1 is 1.10 bits per heavy atom. The smallest absolute Gasteiger partial charge is 0.165 e. The molecule has 0 spiro atoms. The maximum absolute atomic E-state index is 10.5. The van der Waals surface area contributed by atoms with Crippen molar-refractivity contribution in [3.63, 3.8) is 0 Å². The molecule has 3 rings (SSSR count). The molecule has 0 amide bonds. The second-order valence-corrected chi connectivity index (χ2v) is 7.24. The van der Waals surface area contributed by atoms with Crippen LogP contribution in [-0.2, 0) is 4.74 Å². The standard InChI is InChI=1S/C20H20N4O6S/c1-29-10-4-2-9(3-5-10)14-11(6-21)18(23)24(20(31)12(14)7-22)19-17(28)16(27)15(26)13(8-25)30-19/h2-5,13,15-17,19,25-28H,8,23H2,1H3/t13-,15+,16+,17+,19-/m0/s1. The first kappa shape index (κ1) is 22.7. The van der Waals surface area contributed by atoms with Gasteiger partial charge in [-0.05, 0) is 17.7 Å².